The lowest BCUT2D eigenvalue weighted by molar-refractivity contribution is 0.333. The van der Waals surface area contributed by atoms with E-state index in [1.54, 1.807) is 17.3 Å². The first-order valence-electron chi connectivity index (χ1n) is 6.11. The number of nitrogens with one attached hydrogen (secondary N) is 1. The number of benzene rings is 1. The van der Waals surface area contributed by atoms with Crippen LogP contribution in [0.1, 0.15) is 19.3 Å². The molecule has 1 heterocycles. The maximum atomic E-state index is 4.10. The Bertz CT molecular complexity index is 457. The third-order valence-electron chi connectivity index (χ3n) is 3.37. The van der Waals surface area contributed by atoms with Gasteiger partial charge in [0.15, 0.2) is 0 Å². The molecule has 1 aliphatic rings. The van der Waals surface area contributed by atoms with Gasteiger partial charge in [-0.05, 0) is 43.0 Å². The third kappa shape index (κ3) is 2.30. The summed E-state index contributed by atoms with van der Waals surface area (Å²) in [6.45, 7) is 1.10. The fourth-order valence-corrected chi connectivity index (χ4v) is 2.03. The maximum absolute atomic E-state index is 4.10. The smallest absolute Gasteiger partial charge is 0.138 e. The molecule has 0 bridgehead atoms. The van der Waals surface area contributed by atoms with E-state index in [9.17, 15) is 0 Å². The minimum atomic E-state index is 0.880. The van der Waals surface area contributed by atoms with Crippen LogP contribution in [0.5, 0.6) is 0 Å². The highest BCUT2D eigenvalue weighted by atomic mass is 15.3. The molecule has 0 saturated heterocycles. The Labute approximate surface area is 101 Å². The molecule has 4 nitrogen and oxygen atoms in total. The molecule has 1 aromatic heterocycles. The predicted molar refractivity (Wildman–Crippen MR) is 67.2 cm³/mol. The Kier molecular flexibility index (Phi) is 2.78. The molecule has 1 aromatic carbocycles. The second-order valence-corrected chi connectivity index (χ2v) is 4.56. The molecule has 0 radical (unpaired) electrons. The monoisotopic (exact) mass is 228 g/mol. The Morgan fingerprint density at radius 3 is 2.65 bits per heavy atom. The van der Waals surface area contributed by atoms with Gasteiger partial charge in [-0.3, -0.25) is 0 Å². The molecule has 1 aliphatic carbocycles. The largest absolute Gasteiger partial charge is 0.385 e. The molecular weight excluding hydrogens is 212 g/mol. The topological polar surface area (TPSA) is 42.7 Å². The normalized spacial score (nSPS) is 15.5. The van der Waals surface area contributed by atoms with Crippen molar-refractivity contribution in [1.82, 2.24) is 14.8 Å². The summed E-state index contributed by atoms with van der Waals surface area (Å²) in [6, 6.07) is 8.29. The van der Waals surface area contributed by atoms with Gasteiger partial charge in [-0.25, -0.2) is 9.67 Å². The summed E-state index contributed by atoms with van der Waals surface area (Å²) >= 11 is 0. The number of nitrogens with zero attached hydrogens (tertiary/aromatic N) is 3. The van der Waals surface area contributed by atoms with Crippen LogP contribution in [0.2, 0.25) is 0 Å². The Hall–Kier alpha value is -1.84. The van der Waals surface area contributed by atoms with E-state index in [2.05, 4.69) is 39.7 Å². The molecule has 2 aromatic rings. The van der Waals surface area contributed by atoms with Crippen LogP contribution in [0.3, 0.4) is 0 Å². The molecule has 1 fully saturated rings. The highest BCUT2D eigenvalue weighted by Gasteiger charge is 2.16. The average molecular weight is 228 g/mol. The van der Waals surface area contributed by atoms with Crippen molar-refractivity contribution in [2.75, 3.05) is 11.9 Å². The van der Waals surface area contributed by atoms with E-state index in [1.165, 1.54) is 24.9 Å². The first-order chi connectivity index (χ1) is 8.42. The standard InChI is InChI=1S/C13H16N4/c1-2-11(3-1)8-15-12-4-6-13(7-5-12)17-10-14-9-16-17/h4-7,9-11,15H,1-3,8H2. The van der Waals surface area contributed by atoms with E-state index < -0.39 is 0 Å². The first kappa shape index (κ1) is 10.3. The van der Waals surface area contributed by atoms with Gasteiger partial charge in [0.05, 0.1) is 5.69 Å². The van der Waals surface area contributed by atoms with Crippen LogP contribution in [-0.4, -0.2) is 21.3 Å². The molecule has 0 spiro atoms. The van der Waals surface area contributed by atoms with E-state index in [1.807, 2.05) is 0 Å². The van der Waals surface area contributed by atoms with Crippen molar-refractivity contribution in [2.24, 2.45) is 5.92 Å². The van der Waals surface area contributed by atoms with Gasteiger partial charge in [0.1, 0.15) is 12.7 Å². The lowest BCUT2D eigenvalue weighted by Crippen LogP contribution is -2.20. The summed E-state index contributed by atoms with van der Waals surface area (Å²) in [5.74, 6) is 0.880. The van der Waals surface area contributed by atoms with Crippen LogP contribution in [0.15, 0.2) is 36.9 Å². The summed E-state index contributed by atoms with van der Waals surface area (Å²) in [4.78, 5) is 3.94. The summed E-state index contributed by atoms with van der Waals surface area (Å²) in [5.41, 5.74) is 2.22. The van der Waals surface area contributed by atoms with Crippen LogP contribution in [0.25, 0.3) is 5.69 Å². The van der Waals surface area contributed by atoms with Crippen LogP contribution in [0.4, 0.5) is 5.69 Å². The average Bonchev–Trinajstić information content (AvgIpc) is 2.81. The Morgan fingerprint density at radius 2 is 2.06 bits per heavy atom. The van der Waals surface area contributed by atoms with E-state index in [0.717, 1.165) is 18.2 Å². The zero-order chi connectivity index (χ0) is 11.5. The van der Waals surface area contributed by atoms with Crippen LogP contribution < -0.4 is 5.32 Å². The second-order valence-electron chi connectivity index (χ2n) is 4.56. The molecule has 4 heteroatoms. The number of aromatic nitrogens is 3. The number of hydrogen-bond acceptors (Lipinski definition) is 3. The van der Waals surface area contributed by atoms with E-state index in [4.69, 9.17) is 0 Å². The Morgan fingerprint density at radius 1 is 1.24 bits per heavy atom. The van der Waals surface area contributed by atoms with E-state index in [0.29, 0.717) is 0 Å². The van der Waals surface area contributed by atoms with Crippen molar-refractivity contribution in [2.45, 2.75) is 19.3 Å². The Balaban J connectivity index is 1.63. The molecule has 3 rings (SSSR count). The minimum absolute atomic E-state index is 0.880. The molecule has 0 amide bonds. The van der Waals surface area contributed by atoms with Crippen molar-refractivity contribution in [3.8, 4) is 5.69 Å². The summed E-state index contributed by atoms with van der Waals surface area (Å²) in [6.07, 6.45) is 7.41. The molecule has 0 aliphatic heterocycles. The van der Waals surface area contributed by atoms with Crippen molar-refractivity contribution in [3.05, 3.63) is 36.9 Å². The molecule has 0 atom stereocenters. The quantitative estimate of drug-likeness (QED) is 0.874. The van der Waals surface area contributed by atoms with Gasteiger partial charge >= 0.3 is 0 Å². The van der Waals surface area contributed by atoms with Crippen molar-refractivity contribution >= 4 is 5.69 Å². The highest BCUT2D eigenvalue weighted by molar-refractivity contribution is 5.48. The van der Waals surface area contributed by atoms with Crippen LogP contribution in [0, 0.1) is 5.92 Å². The molecule has 17 heavy (non-hydrogen) atoms. The minimum Gasteiger partial charge on any atom is -0.385 e. The van der Waals surface area contributed by atoms with Gasteiger partial charge in [-0.1, -0.05) is 6.42 Å². The molecular formula is C13H16N4. The van der Waals surface area contributed by atoms with E-state index in [-0.39, 0.29) is 0 Å². The predicted octanol–water partition coefficient (Wildman–Crippen LogP) is 2.48. The fraction of sp³-hybridized carbons (Fsp3) is 0.385. The van der Waals surface area contributed by atoms with Crippen LogP contribution >= 0.6 is 0 Å². The zero-order valence-corrected chi connectivity index (χ0v) is 9.71. The van der Waals surface area contributed by atoms with Crippen molar-refractivity contribution in [1.29, 1.82) is 0 Å². The summed E-state index contributed by atoms with van der Waals surface area (Å²) in [7, 11) is 0. The summed E-state index contributed by atoms with van der Waals surface area (Å²) in [5, 5.41) is 7.57. The van der Waals surface area contributed by atoms with Crippen molar-refractivity contribution < 1.29 is 0 Å². The van der Waals surface area contributed by atoms with Gasteiger partial charge < -0.3 is 5.32 Å². The highest BCUT2D eigenvalue weighted by Crippen LogP contribution is 2.26. The van der Waals surface area contributed by atoms with Gasteiger partial charge in [0.25, 0.3) is 0 Å². The van der Waals surface area contributed by atoms with E-state index >= 15 is 0 Å². The third-order valence-corrected chi connectivity index (χ3v) is 3.37. The SMILES string of the molecule is c1ncn(-c2ccc(NCC3CCC3)cc2)n1. The molecule has 1 saturated carbocycles. The van der Waals surface area contributed by atoms with Crippen molar-refractivity contribution in [3.63, 3.8) is 0 Å². The number of rotatable bonds is 4. The zero-order valence-electron chi connectivity index (χ0n) is 9.71. The molecule has 1 N–H and O–H groups in total. The molecule has 0 unspecified atom stereocenters. The van der Waals surface area contributed by atoms with Crippen LogP contribution in [-0.2, 0) is 0 Å². The lowest BCUT2D eigenvalue weighted by Gasteiger charge is -2.25. The fourth-order valence-electron chi connectivity index (χ4n) is 2.03. The van der Waals surface area contributed by atoms with Gasteiger partial charge in [-0.15, -0.1) is 0 Å². The second kappa shape index (κ2) is 4.57. The van der Waals surface area contributed by atoms with Gasteiger partial charge in [0, 0.05) is 12.2 Å². The number of hydrogen-bond donors (Lipinski definition) is 1. The summed E-state index contributed by atoms with van der Waals surface area (Å²) < 4.78 is 1.76. The first-order valence-corrected chi connectivity index (χ1v) is 6.11. The van der Waals surface area contributed by atoms with Gasteiger partial charge in [-0.2, -0.15) is 5.10 Å². The lowest BCUT2D eigenvalue weighted by atomic mass is 9.85. The van der Waals surface area contributed by atoms with Gasteiger partial charge in [0.2, 0.25) is 0 Å². The molecule has 88 valence electrons. The maximum Gasteiger partial charge on any atom is 0.138 e. The number of anilines is 1.